The molecule has 178 valence electrons. The topological polar surface area (TPSA) is 62.2 Å². The predicted octanol–water partition coefficient (Wildman–Crippen LogP) is 6.27. The van der Waals surface area contributed by atoms with Crippen LogP contribution in [0.15, 0.2) is 66.7 Å². The lowest BCUT2D eigenvalue weighted by Gasteiger charge is -2.31. The molecule has 3 aromatic carbocycles. The van der Waals surface area contributed by atoms with Gasteiger partial charge in [0.2, 0.25) is 0 Å². The van der Waals surface area contributed by atoms with Gasteiger partial charge in [-0.15, -0.1) is 0 Å². The molecule has 1 aliphatic heterocycles. The molecular weight excluding hydrogens is 426 g/mol. The van der Waals surface area contributed by atoms with Crippen LogP contribution in [-0.4, -0.2) is 40.9 Å². The lowest BCUT2D eigenvalue weighted by molar-refractivity contribution is 0.145. The van der Waals surface area contributed by atoms with Gasteiger partial charge in [0.05, 0.1) is 0 Å². The maximum Gasteiger partial charge on any atom is 0.150 e. The van der Waals surface area contributed by atoms with Gasteiger partial charge in [-0.25, -0.2) is 0 Å². The van der Waals surface area contributed by atoms with Crippen LogP contribution in [0.1, 0.15) is 50.5 Å². The van der Waals surface area contributed by atoms with Crippen molar-refractivity contribution >= 4 is 11.1 Å². The Balaban J connectivity index is 1.65. The first-order valence-electron chi connectivity index (χ1n) is 11.7. The summed E-state index contributed by atoms with van der Waals surface area (Å²) in [6.45, 7) is 9.15. The molecule has 4 rings (SSSR count). The number of allylic oxidation sites excluding steroid dienone is 1. The first-order valence-corrected chi connectivity index (χ1v) is 11.7. The second kappa shape index (κ2) is 9.82. The maximum absolute atomic E-state index is 10.1. The molecule has 0 aliphatic carbocycles. The molecule has 1 heterocycles. The van der Waals surface area contributed by atoms with E-state index in [1.54, 1.807) is 30.3 Å². The maximum atomic E-state index is 10.1. The summed E-state index contributed by atoms with van der Waals surface area (Å²) in [5.41, 5.74) is 4.66. The molecule has 0 aromatic heterocycles. The summed E-state index contributed by atoms with van der Waals surface area (Å²) in [4.78, 5) is 2.29. The van der Waals surface area contributed by atoms with Crippen molar-refractivity contribution in [3.05, 3.63) is 83.4 Å². The summed E-state index contributed by atoms with van der Waals surface area (Å²) in [5.74, 6) is 1.92. The average molecular weight is 460 g/mol. The molecule has 2 N–H and O–H groups in total. The highest BCUT2D eigenvalue weighted by molar-refractivity contribution is 5.95. The third-order valence-corrected chi connectivity index (χ3v) is 6.62. The molecule has 1 aliphatic rings. The van der Waals surface area contributed by atoms with Gasteiger partial charge >= 0.3 is 0 Å². The van der Waals surface area contributed by atoms with E-state index in [1.807, 2.05) is 43.3 Å². The highest BCUT2D eigenvalue weighted by Crippen LogP contribution is 2.47. The third-order valence-electron chi connectivity index (χ3n) is 6.62. The molecule has 34 heavy (non-hydrogen) atoms. The van der Waals surface area contributed by atoms with E-state index in [2.05, 4.69) is 32.7 Å². The van der Waals surface area contributed by atoms with Crippen molar-refractivity contribution < 1.29 is 19.7 Å². The first kappa shape index (κ1) is 23.7. The van der Waals surface area contributed by atoms with Gasteiger partial charge < -0.3 is 19.7 Å². The molecule has 2 atom stereocenters. The molecule has 5 nitrogen and oxygen atoms in total. The number of rotatable bonds is 7. The van der Waals surface area contributed by atoms with E-state index in [-0.39, 0.29) is 17.6 Å². The molecule has 0 bridgehead atoms. The number of hydrogen-bond donors (Lipinski definition) is 2. The van der Waals surface area contributed by atoms with Gasteiger partial charge in [-0.1, -0.05) is 24.3 Å². The Hall–Kier alpha value is -3.44. The van der Waals surface area contributed by atoms with Crippen LogP contribution in [0, 0.1) is 0 Å². The van der Waals surface area contributed by atoms with E-state index < -0.39 is 0 Å². The van der Waals surface area contributed by atoms with Crippen LogP contribution in [0.3, 0.4) is 0 Å². The highest BCUT2D eigenvalue weighted by Gasteiger charge is 2.29. The van der Waals surface area contributed by atoms with Gasteiger partial charge in [0.25, 0.3) is 0 Å². The quantitative estimate of drug-likeness (QED) is 0.436. The zero-order chi connectivity index (χ0) is 24.4. The van der Waals surface area contributed by atoms with Crippen LogP contribution >= 0.6 is 0 Å². The second-order valence-corrected chi connectivity index (χ2v) is 9.26. The lowest BCUT2D eigenvalue weighted by atomic mass is 9.86. The molecule has 0 amide bonds. The summed E-state index contributed by atoms with van der Waals surface area (Å²) in [5, 5.41) is 20.2. The van der Waals surface area contributed by atoms with Gasteiger partial charge in [-0.2, -0.15) is 0 Å². The SMILES string of the molecule is CC1=C(c2cccc(O)c2)C(c2ccc(OC[C@H](C)N(C)C(C)C)cc2)Oc2ccc(O)cc21. The Kier molecular flexibility index (Phi) is 6.85. The smallest absolute Gasteiger partial charge is 0.150 e. The Bertz CT molecular complexity index is 1180. The normalized spacial score (nSPS) is 16.4. The average Bonchev–Trinajstić information content (AvgIpc) is 2.82. The summed E-state index contributed by atoms with van der Waals surface area (Å²) < 4.78 is 12.5. The number of likely N-dealkylation sites (N-methyl/N-ethyl adjacent to an activating group) is 1. The fourth-order valence-electron chi connectivity index (χ4n) is 4.30. The van der Waals surface area contributed by atoms with Gasteiger partial charge in [0.15, 0.2) is 0 Å². The second-order valence-electron chi connectivity index (χ2n) is 9.26. The molecule has 0 saturated heterocycles. The molecule has 0 spiro atoms. The number of hydrogen-bond acceptors (Lipinski definition) is 5. The fraction of sp³-hybridized carbons (Fsp3) is 0.310. The summed E-state index contributed by atoms with van der Waals surface area (Å²) in [6.07, 6.45) is -0.362. The van der Waals surface area contributed by atoms with E-state index in [0.717, 1.165) is 39.3 Å². The van der Waals surface area contributed by atoms with Crippen LogP contribution in [-0.2, 0) is 0 Å². The monoisotopic (exact) mass is 459 g/mol. The van der Waals surface area contributed by atoms with Crippen molar-refractivity contribution in [2.24, 2.45) is 0 Å². The van der Waals surface area contributed by atoms with Gasteiger partial charge in [0, 0.05) is 23.2 Å². The lowest BCUT2D eigenvalue weighted by Crippen LogP contribution is -2.38. The molecule has 0 radical (unpaired) electrons. The summed E-state index contributed by atoms with van der Waals surface area (Å²) >= 11 is 0. The number of nitrogens with zero attached hydrogens (tertiary/aromatic N) is 1. The number of benzene rings is 3. The summed E-state index contributed by atoms with van der Waals surface area (Å²) in [7, 11) is 2.11. The number of phenols is 2. The van der Waals surface area contributed by atoms with Crippen molar-refractivity contribution in [2.75, 3.05) is 13.7 Å². The molecule has 0 saturated carbocycles. The van der Waals surface area contributed by atoms with E-state index >= 15 is 0 Å². The molecule has 0 fully saturated rings. The number of phenolic OH excluding ortho intramolecular Hbond substituents is 2. The molecule has 1 unspecified atom stereocenters. The van der Waals surface area contributed by atoms with Crippen LogP contribution in [0.5, 0.6) is 23.0 Å². The van der Waals surface area contributed by atoms with E-state index in [4.69, 9.17) is 9.47 Å². The Morgan fingerprint density at radius 1 is 0.941 bits per heavy atom. The molecule has 3 aromatic rings. The number of aromatic hydroxyl groups is 2. The molecular formula is C29H33NO4. The number of fused-ring (bicyclic) bond motifs is 1. The molecule has 5 heteroatoms. The predicted molar refractivity (Wildman–Crippen MR) is 136 cm³/mol. The Morgan fingerprint density at radius 2 is 1.65 bits per heavy atom. The Labute approximate surface area is 201 Å². The van der Waals surface area contributed by atoms with Crippen LogP contribution in [0.4, 0.5) is 0 Å². The highest BCUT2D eigenvalue weighted by atomic mass is 16.5. The minimum absolute atomic E-state index is 0.189. The standard InChI is InChI=1S/C29H33NO4/c1-18(2)30(5)19(3)17-33-25-12-9-21(10-13-25)29-28(22-7-6-8-23(31)15-22)20(4)26-16-24(32)11-14-27(26)34-29/h6-16,18-19,29,31-32H,17H2,1-5H3/t19-,29?/m0/s1. The van der Waals surface area contributed by atoms with Crippen LogP contribution < -0.4 is 9.47 Å². The van der Waals surface area contributed by atoms with Crippen molar-refractivity contribution in [1.29, 1.82) is 0 Å². The zero-order valence-electron chi connectivity index (χ0n) is 20.4. The van der Waals surface area contributed by atoms with Crippen molar-refractivity contribution in [1.82, 2.24) is 4.90 Å². The van der Waals surface area contributed by atoms with Crippen LogP contribution in [0.2, 0.25) is 0 Å². The Morgan fingerprint density at radius 3 is 2.32 bits per heavy atom. The largest absolute Gasteiger partial charge is 0.508 e. The minimum Gasteiger partial charge on any atom is -0.508 e. The van der Waals surface area contributed by atoms with E-state index in [0.29, 0.717) is 18.7 Å². The van der Waals surface area contributed by atoms with Gasteiger partial charge in [-0.05, 0) is 93.9 Å². The summed E-state index contributed by atoms with van der Waals surface area (Å²) in [6, 6.07) is 21.1. The van der Waals surface area contributed by atoms with Crippen molar-refractivity contribution in [3.8, 4) is 23.0 Å². The minimum atomic E-state index is -0.362. The van der Waals surface area contributed by atoms with E-state index in [9.17, 15) is 10.2 Å². The van der Waals surface area contributed by atoms with Gasteiger partial charge in [-0.3, -0.25) is 4.90 Å². The van der Waals surface area contributed by atoms with Crippen molar-refractivity contribution in [3.63, 3.8) is 0 Å². The third kappa shape index (κ3) is 4.90. The number of ether oxygens (including phenoxy) is 2. The zero-order valence-corrected chi connectivity index (χ0v) is 20.4. The van der Waals surface area contributed by atoms with Gasteiger partial charge in [0.1, 0.15) is 35.7 Å². The fourth-order valence-corrected chi connectivity index (χ4v) is 4.30. The first-order chi connectivity index (χ1) is 16.2. The van der Waals surface area contributed by atoms with Crippen molar-refractivity contribution in [2.45, 2.75) is 45.9 Å². The van der Waals surface area contributed by atoms with E-state index in [1.165, 1.54) is 0 Å². The van der Waals surface area contributed by atoms with Crippen LogP contribution in [0.25, 0.3) is 11.1 Å².